The first-order valence-electron chi connectivity index (χ1n) is 19.2. The van der Waals surface area contributed by atoms with Gasteiger partial charge in [0.15, 0.2) is 6.10 Å². The van der Waals surface area contributed by atoms with E-state index in [4.69, 9.17) is 9.47 Å². The van der Waals surface area contributed by atoms with Crippen molar-refractivity contribution >= 4 is 11.9 Å². The lowest BCUT2D eigenvalue weighted by molar-refractivity contribution is -0.161. The monoisotopic (exact) mass is 661 g/mol. The van der Waals surface area contributed by atoms with E-state index in [2.05, 4.69) is 39.0 Å². The van der Waals surface area contributed by atoms with Gasteiger partial charge in [0.2, 0.25) is 0 Å². The number of allylic oxidation sites excluding steroid dienone is 6. The Hall–Kier alpha value is -2.18. The second kappa shape index (κ2) is 35.1. The molecule has 0 aromatic rings. The summed E-state index contributed by atoms with van der Waals surface area (Å²) in [5.41, 5.74) is 0. The predicted octanol–water partition coefficient (Wildman–Crippen LogP) is 10.7. The van der Waals surface area contributed by atoms with Crippen molar-refractivity contribution in [2.45, 2.75) is 181 Å². The third-order valence-corrected chi connectivity index (χ3v) is 8.13. The molecule has 0 aliphatic carbocycles. The molecule has 0 heterocycles. The first kappa shape index (κ1) is 44.8. The third kappa shape index (κ3) is 35.0. The summed E-state index contributed by atoms with van der Waals surface area (Å²) < 4.78 is 10.5. The minimum absolute atomic E-state index is 0.114. The van der Waals surface area contributed by atoms with Gasteiger partial charge in [-0.3, -0.25) is 9.59 Å². The Balaban J connectivity index is 3.76. The number of carbonyl (C=O) groups excluding carboxylic acids is 2. The van der Waals surface area contributed by atoms with Gasteiger partial charge in [-0.25, -0.2) is 0 Å². The Kier molecular flexibility index (Phi) is 33.5. The van der Waals surface area contributed by atoms with Gasteiger partial charge in [0.1, 0.15) is 6.61 Å². The molecule has 272 valence electrons. The Morgan fingerprint density at radius 3 is 1.89 bits per heavy atom. The van der Waals surface area contributed by atoms with E-state index >= 15 is 0 Å². The zero-order chi connectivity index (χ0) is 34.6. The number of hydrogen-bond acceptors (Lipinski definition) is 6. The molecule has 6 nitrogen and oxygen atoms in total. The highest BCUT2D eigenvalue weighted by Gasteiger charge is 2.16. The van der Waals surface area contributed by atoms with Crippen molar-refractivity contribution in [1.82, 2.24) is 0 Å². The summed E-state index contributed by atoms with van der Waals surface area (Å²) in [5, 5.41) is 19.6. The summed E-state index contributed by atoms with van der Waals surface area (Å²) in [6, 6.07) is 0. The topological polar surface area (TPSA) is 93.1 Å². The molecule has 2 N–H and O–H groups in total. The molecule has 0 aliphatic rings. The van der Waals surface area contributed by atoms with Crippen molar-refractivity contribution in [2.24, 2.45) is 5.92 Å². The van der Waals surface area contributed by atoms with Crippen LogP contribution in [0, 0.1) is 5.92 Å². The molecule has 0 amide bonds. The molecule has 0 aromatic carbocycles. The van der Waals surface area contributed by atoms with Crippen molar-refractivity contribution in [1.29, 1.82) is 0 Å². The summed E-state index contributed by atoms with van der Waals surface area (Å²) in [7, 11) is 0. The Morgan fingerprint density at radius 1 is 0.660 bits per heavy atom. The molecule has 0 saturated heterocycles. The molecule has 0 fully saturated rings. The quantitative estimate of drug-likeness (QED) is 0.0315. The Labute approximate surface area is 289 Å². The van der Waals surface area contributed by atoms with Crippen LogP contribution >= 0.6 is 0 Å². The highest BCUT2D eigenvalue weighted by molar-refractivity contribution is 5.70. The van der Waals surface area contributed by atoms with E-state index in [1.165, 1.54) is 83.5 Å². The van der Waals surface area contributed by atoms with Crippen LogP contribution in [0.1, 0.15) is 168 Å². The fraction of sp³-hybridized carbons (Fsp3) is 0.756. The number of unbranched alkanes of at least 4 members (excludes halogenated alkanes) is 15. The number of ether oxygens (including phenoxy) is 2. The second-order valence-electron chi connectivity index (χ2n) is 13.3. The van der Waals surface area contributed by atoms with Crippen molar-refractivity contribution in [3.8, 4) is 0 Å². The molecular formula is C41H72O6. The largest absolute Gasteiger partial charge is 0.462 e. The highest BCUT2D eigenvalue weighted by atomic mass is 16.6. The zero-order valence-electron chi connectivity index (χ0n) is 30.6. The van der Waals surface area contributed by atoms with Gasteiger partial charge in [-0.1, -0.05) is 159 Å². The van der Waals surface area contributed by atoms with Gasteiger partial charge in [0, 0.05) is 12.8 Å². The molecule has 0 spiro atoms. The van der Waals surface area contributed by atoms with E-state index in [-0.39, 0.29) is 25.6 Å². The van der Waals surface area contributed by atoms with E-state index in [1.807, 2.05) is 24.3 Å². The van der Waals surface area contributed by atoms with Gasteiger partial charge >= 0.3 is 11.9 Å². The molecule has 0 aromatic heterocycles. The van der Waals surface area contributed by atoms with E-state index in [1.54, 1.807) is 6.08 Å². The Bertz CT molecular complexity index is 828. The normalized spacial score (nSPS) is 13.5. The molecule has 0 aliphatic heterocycles. The number of aliphatic hydroxyl groups excluding tert-OH is 2. The lowest BCUT2D eigenvalue weighted by atomic mass is 10.0. The first-order chi connectivity index (χ1) is 22.9. The van der Waals surface area contributed by atoms with E-state index in [9.17, 15) is 19.8 Å². The van der Waals surface area contributed by atoms with Crippen molar-refractivity contribution in [2.75, 3.05) is 13.2 Å². The van der Waals surface area contributed by atoms with Crippen LogP contribution in [0.25, 0.3) is 0 Å². The van der Waals surface area contributed by atoms with Crippen LogP contribution in [-0.2, 0) is 19.1 Å². The van der Waals surface area contributed by atoms with Crippen LogP contribution in [0.3, 0.4) is 0 Å². The number of hydrogen-bond donors (Lipinski definition) is 2. The van der Waals surface area contributed by atoms with Gasteiger partial charge in [-0.2, -0.15) is 0 Å². The highest BCUT2D eigenvalue weighted by Crippen LogP contribution is 2.15. The van der Waals surface area contributed by atoms with Crippen molar-refractivity contribution in [3.05, 3.63) is 48.6 Å². The van der Waals surface area contributed by atoms with Crippen LogP contribution in [-0.4, -0.2) is 47.6 Å². The average Bonchev–Trinajstić information content (AvgIpc) is 3.05. The minimum Gasteiger partial charge on any atom is -0.462 e. The minimum atomic E-state index is -0.831. The average molecular weight is 661 g/mol. The molecule has 0 bridgehead atoms. The predicted molar refractivity (Wildman–Crippen MR) is 197 cm³/mol. The molecule has 6 heteroatoms. The maximum absolute atomic E-state index is 12.1. The summed E-state index contributed by atoms with van der Waals surface area (Å²) in [6.07, 6.45) is 39.1. The summed E-state index contributed by atoms with van der Waals surface area (Å²) in [5.74, 6) is 0.111. The summed E-state index contributed by atoms with van der Waals surface area (Å²) in [4.78, 5) is 24.2. The van der Waals surface area contributed by atoms with E-state index in [0.717, 1.165) is 38.0 Å². The molecule has 47 heavy (non-hydrogen) atoms. The zero-order valence-corrected chi connectivity index (χ0v) is 30.6. The summed E-state index contributed by atoms with van der Waals surface area (Å²) >= 11 is 0. The van der Waals surface area contributed by atoms with Crippen LogP contribution in [0.15, 0.2) is 48.6 Å². The lowest BCUT2D eigenvalue weighted by Gasteiger charge is -2.15. The number of carbonyl (C=O) groups is 2. The van der Waals surface area contributed by atoms with Gasteiger partial charge < -0.3 is 19.7 Å². The van der Waals surface area contributed by atoms with E-state index < -0.39 is 18.2 Å². The first-order valence-corrected chi connectivity index (χ1v) is 19.2. The molecular weight excluding hydrogens is 588 g/mol. The maximum Gasteiger partial charge on any atom is 0.306 e. The van der Waals surface area contributed by atoms with Crippen LogP contribution in [0.5, 0.6) is 0 Å². The molecule has 2 atom stereocenters. The van der Waals surface area contributed by atoms with Gasteiger partial charge in [0.25, 0.3) is 0 Å². The van der Waals surface area contributed by atoms with Crippen LogP contribution in [0.2, 0.25) is 0 Å². The number of esters is 2. The SMILES string of the molecule is CCCCC/C=C\C/C=C\CC(O)/C=C\C=C\CCCC(=O)O[C@@H](CO)COC(=O)CCCCCCCCCCCCCCC(C)C. The fourth-order valence-corrected chi connectivity index (χ4v) is 5.16. The van der Waals surface area contributed by atoms with E-state index in [0.29, 0.717) is 25.7 Å². The smallest absolute Gasteiger partial charge is 0.306 e. The van der Waals surface area contributed by atoms with Crippen LogP contribution in [0.4, 0.5) is 0 Å². The van der Waals surface area contributed by atoms with Gasteiger partial charge in [-0.05, 0) is 50.9 Å². The Morgan fingerprint density at radius 2 is 1.26 bits per heavy atom. The van der Waals surface area contributed by atoms with Gasteiger partial charge in [0.05, 0.1) is 12.7 Å². The molecule has 0 rings (SSSR count). The number of aliphatic hydroxyl groups is 2. The second-order valence-corrected chi connectivity index (χ2v) is 13.3. The van der Waals surface area contributed by atoms with Crippen molar-refractivity contribution < 1.29 is 29.3 Å². The lowest BCUT2D eigenvalue weighted by Crippen LogP contribution is -2.28. The van der Waals surface area contributed by atoms with Crippen molar-refractivity contribution in [3.63, 3.8) is 0 Å². The van der Waals surface area contributed by atoms with Gasteiger partial charge in [-0.15, -0.1) is 0 Å². The third-order valence-electron chi connectivity index (χ3n) is 8.13. The summed E-state index contributed by atoms with van der Waals surface area (Å²) in [6.45, 7) is 6.32. The van der Waals surface area contributed by atoms with Crippen LogP contribution < -0.4 is 0 Å². The molecule has 1 unspecified atom stereocenters. The molecule has 0 radical (unpaired) electrons. The maximum atomic E-state index is 12.1. The number of rotatable bonds is 33. The molecule has 0 saturated carbocycles. The fourth-order valence-electron chi connectivity index (χ4n) is 5.16. The standard InChI is InChI=1S/C41H72O6/c1-4-5-6-7-8-13-17-21-26-31-38(43)32-27-22-19-24-29-34-41(45)47-39(35-42)36-46-40(44)33-28-23-18-15-12-10-9-11-14-16-20-25-30-37(2)3/h8,13,19,21-22,26-27,32,37-39,42-43H,4-7,9-12,14-18,20,23-25,28-31,33-36H2,1-3H3/b13-8-,22-19+,26-21-,32-27-/t38?,39-/m0/s1.